The molecule has 0 aliphatic heterocycles. The lowest BCUT2D eigenvalue weighted by atomic mass is 9.97. The average molecular weight is 141 g/mol. The van der Waals surface area contributed by atoms with Crippen LogP contribution in [0.4, 0.5) is 0 Å². The van der Waals surface area contributed by atoms with Crippen LogP contribution in [-0.4, -0.2) is 12.6 Å². The van der Waals surface area contributed by atoms with Gasteiger partial charge in [-0.15, -0.1) is 0 Å². The number of nitrogens with one attached hydrogen (secondary N) is 1. The summed E-state index contributed by atoms with van der Waals surface area (Å²) in [6.07, 6.45) is 0. The van der Waals surface area contributed by atoms with Crippen molar-refractivity contribution in [3.63, 3.8) is 0 Å². The van der Waals surface area contributed by atoms with Crippen molar-refractivity contribution in [1.82, 2.24) is 5.32 Å². The summed E-state index contributed by atoms with van der Waals surface area (Å²) in [4.78, 5) is 0. The molecule has 60 valence electrons. The molecule has 0 saturated heterocycles. The van der Waals surface area contributed by atoms with Crippen molar-refractivity contribution in [2.24, 2.45) is 5.92 Å². The first-order valence-corrected chi connectivity index (χ1v) is 3.98. The van der Waals surface area contributed by atoms with E-state index in [-0.39, 0.29) is 0 Å². The number of rotatable bonds is 4. The first kappa shape index (κ1) is 9.70. The van der Waals surface area contributed by atoms with Gasteiger partial charge < -0.3 is 5.32 Å². The van der Waals surface area contributed by atoms with Gasteiger partial charge in [-0.3, -0.25) is 0 Å². The molecule has 0 radical (unpaired) electrons. The predicted octanol–water partition coefficient (Wildman–Crippen LogP) is 2.20. The summed E-state index contributed by atoms with van der Waals surface area (Å²) in [5.74, 6) is 0.583. The minimum absolute atomic E-state index is 0.558. The molecule has 0 spiro atoms. The van der Waals surface area contributed by atoms with Crippen LogP contribution in [0.2, 0.25) is 0 Å². The van der Waals surface area contributed by atoms with Crippen LogP contribution in [0.5, 0.6) is 0 Å². The van der Waals surface area contributed by atoms with Gasteiger partial charge >= 0.3 is 0 Å². The van der Waals surface area contributed by atoms with Gasteiger partial charge in [-0.2, -0.15) is 0 Å². The van der Waals surface area contributed by atoms with Gasteiger partial charge in [-0.25, -0.2) is 0 Å². The van der Waals surface area contributed by atoms with Crippen LogP contribution in [-0.2, 0) is 0 Å². The lowest BCUT2D eigenvalue weighted by molar-refractivity contribution is 0.456. The van der Waals surface area contributed by atoms with Crippen LogP contribution >= 0.6 is 0 Å². The highest BCUT2D eigenvalue weighted by atomic mass is 14.9. The van der Waals surface area contributed by atoms with Crippen molar-refractivity contribution >= 4 is 0 Å². The predicted molar refractivity (Wildman–Crippen MR) is 47.1 cm³/mol. The molecule has 0 unspecified atom stereocenters. The lowest BCUT2D eigenvalue weighted by Gasteiger charge is -2.20. The Morgan fingerprint density at radius 1 is 1.50 bits per heavy atom. The molecule has 1 nitrogen and oxygen atoms in total. The average Bonchev–Trinajstić information content (AvgIpc) is 1.87. The van der Waals surface area contributed by atoms with Gasteiger partial charge in [0, 0.05) is 6.04 Å². The molecule has 0 amide bonds. The summed E-state index contributed by atoms with van der Waals surface area (Å²) in [7, 11) is 0. The zero-order valence-corrected chi connectivity index (χ0v) is 7.57. The fraction of sp³-hybridized carbons (Fsp3) is 0.778. The van der Waals surface area contributed by atoms with Gasteiger partial charge in [0.15, 0.2) is 0 Å². The minimum atomic E-state index is 0.558. The Balaban J connectivity index is 3.69. The maximum Gasteiger partial charge on any atom is 0.0101 e. The van der Waals surface area contributed by atoms with E-state index in [2.05, 4.69) is 39.6 Å². The van der Waals surface area contributed by atoms with E-state index in [1.807, 2.05) is 0 Å². The van der Waals surface area contributed by atoms with Crippen LogP contribution in [0, 0.1) is 5.92 Å². The molecule has 0 saturated carbocycles. The smallest absolute Gasteiger partial charge is 0.0101 e. The Labute approximate surface area is 64.5 Å². The fourth-order valence-corrected chi connectivity index (χ4v) is 0.926. The summed E-state index contributed by atoms with van der Waals surface area (Å²) in [5, 5.41) is 3.37. The van der Waals surface area contributed by atoms with Crippen molar-refractivity contribution in [1.29, 1.82) is 0 Å². The summed E-state index contributed by atoms with van der Waals surface area (Å²) in [5.41, 5.74) is 1.26. The molecule has 0 fully saturated rings. The van der Waals surface area contributed by atoms with Crippen LogP contribution in [0.25, 0.3) is 0 Å². The second-order valence-corrected chi connectivity index (χ2v) is 2.98. The highest BCUT2D eigenvalue weighted by Crippen LogP contribution is 2.11. The Hall–Kier alpha value is -0.300. The molecule has 0 aromatic rings. The first-order chi connectivity index (χ1) is 4.59. The van der Waals surface area contributed by atoms with Crippen LogP contribution in [0.1, 0.15) is 27.7 Å². The minimum Gasteiger partial charge on any atom is -0.314 e. The Bertz CT molecular complexity index is 107. The monoisotopic (exact) mass is 141 g/mol. The lowest BCUT2D eigenvalue weighted by Crippen LogP contribution is -2.32. The Morgan fingerprint density at radius 3 is 2.30 bits per heavy atom. The molecule has 0 heterocycles. The number of hydrogen-bond donors (Lipinski definition) is 1. The van der Waals surface area contributed by atoms with E-state index in [4.69, 9.17) is 0 Å². The molecular weight excluding hydrogens is 122 g/mol. The van der Waals surface area contributed by atoms with E-state index in [9.17, 15) is 0 Å². The van der Waals surface area contributed by atoms with Crippen LogP contribution < -0.4 is 5.32 Å². The zero-order chi connectivity index (χ0) is 8.15. The molecule has 0 rings (SSSR count). The summed E-state index contributed by atoms with van der Waals surface area (Å²) < 4.78 is 0. The van der Waals surface area contributed by atoms with E-state index < -0.39 is 0 Å². The molecule has 1 heteroatoms. The summed E-state index contributed by atoms with van der Waals surface area (Å²) in [6, 6.07) is 0.558. The van der Waals surface area contributed by atoms with Crippen molar-refractivity contribution in [2.75, 3.05) is 6.54 Å². The quantitative estimate of drug-likeness (QED) is 0.592. The molecule has 2 atom stereocenters. The molecule has 0 aliphatic carbocycles. The van der Waals surface area contributed by atoms with Crippen molar-refractivity contribution in [3.05, 3.63) is 12.2 Å². The number of hydrogen-bond acceptors (Lipinski definition) is 1. The maximum absolute atomic E-state index is 3.92. The molecule has 0 bridgehead atoms. The van der Waals surface area contributed by atoms with Crippen LogP contribution in [0.3, 0.4) is 0 Å². The normalized spacial score (nSPS) is 16.4. The first-order valence-electron chi connectivity index (χ1n) is 3.98. The molecule has 0 aromatic carbocycles. The Kier molecular flexibility index (Phi) is 4.37. The van der Waals surface area contributed by atoms with Gasteiger partial charge in [0.1, 0.15) is 0 Å². The summed E-state index contributed by atoms with van der Waals surface area (Å²) in [6.45, 7) is 13.6. The van der Waals surface area contributed by atoms with Crippen molar-refractivity contribution < 1.29 is 0 Å². The largest absolute Gasteiger partial charge is 0.314 e. The third-order valence-electron chi connectivity index (χ3n) is 2.05. The third kappa shape index (κ3) is 3.02. The van der Waals surface area contributed by atoms with Crippen molar-refractivity contribution in [3.8, 4) is 0 Å². The van der Waals surface area contributed by atoms with Gasteiger partial charge in [0.25, 0.3) is 0 Å². The second-order valence-electron chi connectivity index (χ2n) is 2.98. The van der Waals surface area contributed by atoms with E-state index >= 15 is 0 Å². The topological polar surface area (TPSA) is 12.0 Å². The molecule has 10 heavy (non-hydrogen) atoms. The highest BCUT2D eigenvalue weighted by molar-refractivity contribution is 4.97. The maximum atomic E-state index is 3.92. The van der Waals surface area contributed by atoms with E-state index in [0.29, 0.717) is 12.0 Å². The van der Waals surface area contributed by atoms with E-state index in [1.165, 1.54) is 5.57 Å². The van der Waals surface area contributed by atoms with Crippen molar-refractivity contribution in [2.45, 2.75) is 33.7 Å². The fourth-order valence-electron chi connectivity index (χ4n) is 0.926. The third-order valence-corrected chi connectivity index (χ3v) is 2.05. The standard InChI is InChI=1S/C9H19N/c1-6-10-9(5)8(4)7(2)3/h8-10H,2,6H2,1,3-5H3/t8-,9+/m0/s1. The molecule has 0 aliphatic rings. The molecule has 0 aromatic heterocycles. The SMILES string of the molecule is C=C(C)[C@H](C)[C@@H](C)NCC. The van der Waals surface area contributed by atoms with Gasteiger partial charge in [-0.1, -0.05) is 26.0 Å². The Morgan fingerprint density at radius 2 is 2.00 bits per heavy atom. The second kappa shape index (κ2) is 4.51. The van der Waals surface area contributed by atoms with E-state index in [0.717, 1.165) is 6.54 Å². The van der Waals surface area contributed by atoms with Gasteiger partial charge in [-0.05, 0) is 26.3 Å². The molecular formula is C9H19N. The van der Waals surface area contributed by atoms with Gasteiger partial charge in [0.2, 0.25) is 0 Å². The highest BCUT2D eigenvalue weighted by Gasteiger charge is 2.09. The van der Waals surface area contributed by atoms with Crippen LogP contribution in [0.15, 0.2) is 12.2 Å². The van der Waals surface area contributed by atoms with E-state index in [1.54, 1.807) is 0 Å². The summed E-state index contributed by atoms with van der Waals surface area (Å²) >= 11 is 0. The molecule has 1 N–H and O–H groups in total. The zero-order valence-electron chi connectivity index (χ0n) is 7.57. The van der Waals surface area contributed by atoms with Gasteiger partial charge in [0.05, 0.1) is 0 Å².